The maximum absolute atomic E-state index is 12.3. The molecule has 2 saturated heterocycles. The Morgan fingerprint density at radius 3 is 2.55 bits per heavy atom. The van der Waals surface area contributed by atoms with E-state index in [1.54, 1.807) is 6.20 Å². The molecule has 1 aromatic rings. The van der Waals surface area contributed by atoms with E-state index in [0.29, 0.717) is 25.9 Å². The molecule has 0 aromatic heterocycles. The Morgan fingerprint density at radius 2 is 1.90 bits per heavy atom. The Bertz CT molecular complexity index is 763. The van der Waals surface area contributed by atoms with Crippen LogP contribution in [-0.4, -0.2) is 72.3 Å². The molecule has 3 rings (SSSR count). The Kier molecular flexibility index (Phi) is 7.65. The second-order valence-electron chi connectivity index (χ2n) is 7.55. The number of carbonyl (C=O) groups is 2. The lowest BCUT2D eigenvalue weighted by molar-refractivity contribution is -0.127. The van der Waals surface area contributed by atoms with Crippen LogP contribution in [0.3, 0.4) is 0 Å². The van der Waals surface area contributed by atoms with Crippen LogP contribution in [0.4, 0.5) is 0 Å². The van der Waals surface area contributed by atoms with E-state index in [1.165, 1.54) is 5.56 Å². The molecule has 1 N–H and O–H groups in total. The summed E-state index contributed by atoms with van der Waals surface area (Å²) in [6.45, 7) is 6.24. The van der Waals surface area contributed by atoms with E-state index in [1.807, 2.05) is 21.9 Å². The predicted molar refractivity (Wildman–Crippen MR) is 110 cm³/mol. The van der Waals surface area contributed by atoms with Gasteiger partial charge >= 0.3 is 0 Å². The zero-order valence-corrected chi connectivity index (χ0v) is 16.8. The molecule has 2 aliphatic heterocycles. The highest BCUT2D eigenvalue weighted by Crippen LogP contribution is 2.11. The van der Waals surface area contributed by atoms with Crippen molar-refractivity contribution < 1.29 is 9.59 Å². The van der Waals surface area contributed by atoms with Crippen molar-refractivity contribution in [3.63, 3.8) is 0 Å². The predicted octanol–water partition coefficient (Wildman–Crippen LogP) is 1.34. The van der Waals surface area contributed by atoms with Gasteiger partial charge in [0.25, 0.3) is 5.91 Å². The summed E-state index contributed by atoms with van der Waals surface area (Å²) in [4.78, 5) is 30.1. The van der Waals surface area contributed by atoms with Crippen LogP contribution in [0.25, 0.3) is 0 Å². The Morgan fingerprint density at radius 1 is 1.14 bits per heavy atom. The normalized spacial score (nSPS) is 18.0. The van der Waals surface area contributed by atoms with Gasteiger partial charge < -0.3 is 15.1 Å². The minimum atomic E-state index is -0.341. The zero-order chi connectivity index (χ0) is 20.5. The number of nitriles is 1. The maximum Gasteiger partial charge on any atom is 0.263 e. The molecule has 2 fully saturated rings. The molecule has 2 amide bonds. The van der Waals surface area contributed by atoms with Crippen molar-refractivity contribution in [1.82, 2.24) is 20.0 Å². The highest BCUT2D eigenvalue weighted by atomic mass is 16.2. The molecule has 7 heteroatoms. The number of nitrogens with zero attached hydrogens (tertiary/aromatic N) is 4. The summed E-state index contributed by atoms with van der Waals surface area (Å²) in [7, 11) is 0. The average molecular weight is 396 g/mol. The zero-order valence-electron chi connectivity index (χ0n) is 16.8. The van der Waals surface area contributed by atoms with E-state index in [2.05, 4.69) is 34.5 Å². The Hall–Kier alpha value is -2.85. The van der Waals surface area contributed by atoms with E-state index in [4.69, 9.17) is 0 Å². The van der Waals surface area contributed by atoms with Gasteiger partial charge in [0.2, 0.25) is 5.91 Å². The molecule has 1 aromatic carbocycles. The first-order chi connectivity index (χ1) is 14.2. The summed E-state index contributed by atoms with van der Waals surface area (Å²) in [5, 5.41) is 12.2. The van der Waals surface area contributed by atoms with Gasteiger partial charge in [-0.05, 0) is 18.4 Å². The fraction of sp³-hybridized carbons (Fsp3) is 0.500. The molecular formula is C22H29N5O2. The summed E-state index contributed by atoms with van der Waals surface area (Å²) < 4.78 is 0. The SMILES string of the molecule is N#C/C(=C/N1CCN(Cc2ccccc2)CC1)C(=O)NCCCN1CCCC1=O. The molecule has 0 saturated carbocycles. The van der Waals surface area contributed by atoms with Crippen LogP contribution in [0.5, 0.6) is 0 Å². The van der Waals surface area contributed by atoms with Gasteiger partial charge in [0.15, 0.2) is 0 Å². The number of carbonyl (C=O) groups excluding carboxylic acids is 2. The van der Waals surface area contributed by atoms with E-state index in [-0.39, 0.29) is 17.4 Å². The van der Waals surface area contributed by atoms with E-state index < -0.39 is 0 Å². The van der Waals surface area contributed by atoms with Crippen LogP contribution in [0.1, 0.15) is 24.8 Å². The highest BCUT2D eigenvalue weighted by Gasteiger charge is 2.20. The van der Waals surface area contributed by atoms with Gasteiger partial charge in [0, 0.05) is 65.0 Å². The molecule has 154 valence electrons. The average Bonchev–Trinajstić information content (AvgIpc) is 3.16. The third kappa shape index (κ3) is 6.33. The third-order valence-electron chi connectivity index (χ3n) is 5.39. The number of likely N-dealkylation sites (tertiary alicyclic amines) is 1. The maximum atomic E-state index is 12.3. The van der Waals surface area contributed by atoms with Crippen LogP contribution in [0.15, 0.2) is 42.1 Å². The van der Waals surface area contributed by atoms with Crippen LogP contribution in [0.2, 0.25) is 0 Å². The van der Waals surface area contributed by atoms with Crippen molar-refractivity contribution in [2.45, 2.75) is 25.8 Å². The van der Waals surface area contributed by atoms with Gasteiger partial charge in [0.05, 0.1) is 0 Å². The molecule has 2 heterocycles. The Balaban J connectivity index is 1.39. The van der Waals surface area contributed by atoms with Gasteiger partial charge in [0.1, 0.15) is 11.6 Å². The minimum Gasteiger partial charge on any atom is -0.374 e. The van der Waals surface area contributed by atoms with E-state index in [9.17, 15) is 14.9 Å². The molecule has 0 atom stereocenters. The number of benzene rings is 1. The fourth-order valence-electron chi connectivity index (χ4n) is 3.72. The van der Waals surface area contributed by atoms with Crippen LogP contribution < -0.4 is 5.32 Å². The molecule has 29 heavy (non-hydrogen) atoms. The van der Waals surface area contributed by atoms with Crippen molar-refractivity contribution in [3.8, 4) is 6.07 Å². The van der Waals surface area contributed by atoms with Gasteiger partial charge in [-0.3, -0.25) is 14.5 Å². The van der Waals surface area contributed by atoms with Crippen molar-refractivity contribution in [2.75, 3.05) is 45.8 Å². The van der Waals surface area contributed by atoms with Gasteiger partial charge in [-0.2, -0.15) is 5.26 Å². The first-order valence-electron chi connectivity index (χ1n) is 10.3. The summed E-state index contributed by atoms with van der Waals surface area (Å²) in [5.74, 6) is -0.146. The van der Waals surface area contributed by atoms with E-state index in [0.717, 1.165) is 45.7 Å². The van der Waals surface area contributed by atoms with Crippen LogP contribution in [0, 0.1) is 11.3 Å². The summed E-state index contributed by atoms with van der Waals surface area (Å²) in [6.07, 6.45) is 3.94. The number of hydrogen-bond donors (Lipinski definition) is 1. The number of amides is 2. The van der Waals surface area contributed by atoms with Crippen LogP contribution in [-0.2, 0) is 16.1 Å². The quantitative estimate of drug-likeness (QED) is 0.408. The summed E-state index contributed by atoms with van der Waals surface area (Å²) in [6, 6.07) is 12.4. The number of rotatable bonds is 8. The first kappa shape index (κ1) is 20.9. The molecule has 7 nitrogen and oxygen atoms in total. The fourth-order valence-corrected chi connectivity index (χ4v) is 3.72. The number of piperazine rings is 1. The molecule has 0 radical (unpaired) electrons. The molecular weight excluding hydrogens is 366 g/mol. The summed E-state index contributed by atoms with van der Waals surface area (Å²) in [5.41, 5.74) is 1.43. The molecule has 0 spiro atoms. The Labute approximate surface area is 172 Å². The lowest BCUT2D eigenvalue weighted by atomic mass is 10.2. The first-order valence-corrected chi connectivity index (χ1v) is 10.3. The molecule has 2 aliphatic rings. The summed E-state index contributed by atoms with van der Waals surface area (Å²) >= 11 is 0. The lowest BCUT2D eigenvalue weighted by Crippen LogP contribution is -2.44. The van der Waals surface area contributed by atoms with E-state index >= 15 is 0 Å². The standard InChI is InChI=1S/C22H29N5O2/c23-16-20(22(29)24-9-5-11-27-10-4-8-21(27)28)18-26-14-12-25(13-15-26)17-19-6-2-1-3-7-19/h1-3,6-7,18H,4-5,8-15,17H2,(H,24,29)/b20-18-. The molecule has 0 unspecified atom stereocenters. The third-order valence-corrected chi connectivity index (χ3v) is 5.39. The minimum absolute atomic E-state index is 0.138. The monoisotopic (exact) mass is 395 g/mol. The van der Waals surface area contributed by atoms with Gasteiger partial charge in [-0.25, -0.2) is 0 Å². The van der Waals surface area contributed by atoms with Crippen molar-refractivity contribution in [1.29, 1.82) is 5.26 Å². The van der Waals surface area contributed by atoms with Gasteiger partial charge in [-0.15, -0.1) is 0 Å². The topological polar surface area (TPSA) is 79.7 Å². The largest absolute Gasteiger partial charge is 0.374 e. The van der Waals surface area contributed by atoms with Crippen molar-refractivity contribution >= 4 is 11.8 Å². The molecule has 0 aliphatic carbocycles. The lowest BCUT2D eigenvalue weighted by Gasteiger charge is -2.34. The highest BCUT2D eigenvalue weighted by molar-refractivity contribution is 5.97. The number of nitrogens with one attached hydrogen (secondary N) is 1. The smallest absolute Gasteiger partial charge is 0.263 e. The van der Waals surface area contributed by atoms with Gasteiger partial charge in [-0.1, -0.05) is 30.3 Å². The second kappa shape index (κ2) is 10.6. The molecule has 0 bridgehead atoms. The second-order valence-corrected chi connectivity index (χ2v) is 7.55. The number of hydrogen-bond acceptors (Lipinski definition) is 5. The van der Waals surface area contributed by atoms with Crippen molar-refractivity contribution in [3.05, 3.63) is 47.7 Å². The van der Waals surface area contributed by atoms with Crippen molar-refractivity contribution in [2.24, 2.45) is 0 Å². The van der Waals surface area contributed by atoms with Crippen LogP contribution >= 0.6 is 0 Å².